The summed E-state index contributed by atoms with van der Waals surface area (Å²) in [5, 5.41) is 19.0. The Morgan fingerprint density at radius 2 is 2.22 bits per heavy atom. The quantitative estimate of drug-likeness (QED) is 0.743. The van der Waals surface area contributed by atoms with Gasteiger partial charge in [-0.1, -0.05) is 0 Å². The smallest absolute Gasteiger partial charge is 0.303 e. The molecule has 0 unspecified atom stereocenters. The van der Waals surface area contributed by atoms with Crippen LogP contribution in [0.2, 0.25) is 0 Å². The number of amides is 1. The zero-order valence-electron chi connectivity index (χ0n) is 9.54. The Kier molecular flexibility index (Phi) is 3.52. The molecule has 0 bridgehead atoms. The number of rotatable bonds is 5. The summed E-state index contributed by atoms with van der Waals surface area (Å²) < 4.78 is 1.37. The number of hydrogen-bond donors (Lipinski definition) is 2. The third-order valence-electron chi connectivity index (χ3n) is 2.40. The van der Waals surface area contributed by atoms with Gasteiger partial charge in [-0.25, -0.2) is 0 Å². The molecule has 94 valence electrons. The lowest BCUT2D eigenvalue weighted by Crippen LogP contribution is -2.24. The van der Waals surface area contributed by atoms with Gasteiger partial charge in [0.05, 0.1) is 11.8 Å². The number of nitrogens with one attached hydrogen (secondary N) is 1. The third kappa shape index (κ3) is 2.62. The molecule has 0 aromatic carbocycles. The zero-order chi connectivity index (χ0) is 13.0. The summed E-state index contributed by atoms with van der Waals surface area (Å²) >= 11 is 0. The van der Waals surface area contributed by atoms with Crippen molar-refractivity contribution in [3.8, 4) is 0 Å². The average molecular weight is 248 g/mol. The van der Waals surface area contributed by atoms with Crippen molar-refractivity contribution in [1.82, 2.24) is 20.1 Å². The molecule has 0 atom stereocenters. The Morgan fingerprint density at radius 1 is 1.39 bits per heavy atom. The Bertz CT molecular complexity index is 578. The van der Waals surface area contributed by atoms with Crippen LogP contribution in [0.5, 0.6) is 0 Å². The molecule has 2 aromatic rings. The van der Waals surface area contributed by atoms with Crippen molar-refractivity contribution < 1.29 is 14.7 Å². The Balaban J connectivity index is 1.99. The van der Waals surface area contributed by atoms with Crippen LogP contribution in [-0.2, 0) is 4.79 Å². The summed E-state index contributed by atoms with van der Waals surface area (Å²) in [6, 6.07) is 3.46. The van der Waals surface area contributed by atoms with Crippen molar-refractivity contribution in [2.45, 2.75) is 12.8 Å². The van der Waals surface area contributed by atoms with Crippen molar-refractivity contribution in [2.24, 2.45) is 0 Å². The lowest BCUT2D eigenvalue weighted by Gasteiger charge is -2.02. The monoisotopic (exact) mass is 248 g/mol. The normalized spacial score (nSPS) is 10.4. The van der Waals surface area contributed by atoms with Gasteiger partial charge in [-0.15, -0.1) is 0 Å². The van der Waals surface area contributed by atoms with E-state index in [0.717, 1.165) is 0 Å². The molecule has 0 fully saturated rings. The molecule has 1 amide bonds. The van der Waals surface area contributed by atoms with Gasteiger partial charge in [0.15, 0.2) is 0 Å². The first-order chi connectivity index (χ1) is 8.68. The van der Waals surface area contributed by atoms with E-state index in [1.54, 1.807) is 18.3 Å². The first-order valence-electron chi connectivity index (χ1n) is 5.47. The van der Waals surface area contributed by atoms with Crippen molar-refractivity contribution in [2.75, 3.05) is 6.54 Å². The van der Waals surface area contributed by atoms with Crippen LogP contribution < -0.4 is 5.32 Å². The summed E-state index contributed by atoms with van der Waals surface area (Å²) in [6.07, 6.45) is 3.46. The van der Waals surface area contributed by atoms with E-state index in [9.17, 15) is 9.59 Å². The number of hydrogen-bond acceptors (Lipinski definition) is 4. The molecule has 0 saturated heterocycles. The van der Waals surface area contributed by atoms with E-state index in [1.165, 1.54) is 10.8 Å². The summed E-state index contributed by atoms with van der Waals surface area (Å²) in [5.41, 5.74) is 1.05. The minimum absolute atomic E-state index is 0.0383. The van der Waals surface area contributed by atoms with Crippen molar-refractivity contribution >= 4 is 17.4 Å². The number of nitrogens with zero attached hydrogens (tertiary/aromatic N) is 3. The molecular weight excluding hydrogens is 236 g/mol. The predicted molar refractivity (Wildman–Crippen MR) is 62.2 cm³/mol. The highest BCUT2D eigenvalue weighted by molar-refractivity contribution is 6.00. The minimum Gasteiger partial charge on any atom is -0.481 e. The van der Waals surface area contributed by atoms with E-state index in [0.29, 0.717) is 24.0 Å². The molecule has 2 heterocycles. The van der Waals surface area contributed by atoms with Gasteiger partial charge in [0, 0.05) is 19.2 Å². The Morgan fingerprint density at radius 3 is 3.00 bits per heavy atom. The maximum atomic E-state index is 11.8. The maximum absolute atomic E-state index is 11.8. The zero-order valence-corrected chi connectivity index (χ0v) is 9.54. The third-order valence-corrected chi connectivity index (χ3v) is 2.40. The second kappa shape index (κ2) is 5.26. The molecule has 0 radical (unpaired) electrons. The standard InChI is InChI=1S/C11H12N4O3/c16-10(17)4-2-5-12-11(18)8-7-14-15-9(8)3-1-6-13-15/h1,3,6-7H,2,4-5H2,(H,12,18)(H,16,17). The number of carboxylic acid groups (broad SMARTS) is 1. The fourth-order valence-corrected chi connectivity index (χ4v) is 1.54. The van der Waals surface area contributed by atoms with Gasteiger partial charge in [-0.3, -0.25) is 9.59 Å². The fourth-order valence-electron chi connectivity index (χ4n) is 1.54. The van der Waals surface area contributed by atoms with Crippen LogP contribution >= 0.6 is 0 Å². The number of aliphatic carboxylic acids is 1. The molecule has 2 aromatic heterocycles. The average Bonchev–Trinajstić information content (AvgIpc) is 2.78. The van der Waals surface area contributed by atoms with Crippen molar-refractivity contribution in [3.63, 3.8) is 0 Å². The minimum atomic E-state index is -0.871. The van der Waals surface area contributed by atoms with Gasteiger partial charge >= 0.3 is 5.97 Å². The van der Waals surface area contributed by atoms with E-state index >= 15 is 0 Å². The topological polar surface area (TPSA) is 96.6 Å². The van der Waals surface area contributed by atoms with E-state index in [-0.39, 0.29) is 12.3 Å². The summed E-state index contributed by atoms with van der Waals surface area (Å²) in [7, 11) is 0. The van der Waals surface area contributed by atoms with E-state index < -0.39 is 5.97 Å². The highest BCUT2D eigenvalue weighted by Gasteiger charge is 2.12. The molecule has 2 N–H and O–H groups in total. The van der Waals surface area contributed by atoms with E-state index in [1.807, 2.05) is 0 Å². The van der Waals surface area contributed by atoms with Crippen LogP contribution in [-0.4, -0.2) is 38.4 Å². The molecule has 7 heteroatoms. The molecule has 2 rings (SSSR count). The molecule has 0 saturated carbocycles. The molecular formula is C11H12N4O3. The van der Waals surface area contributed by atoms with Crippen molar-refractivity contribution in [1.29, 1.82) is 0 Å². The van der Waals surface area contributed by atoms with Gasteiger partial charge in [0.25, 0.3) is 5.91 Å². The van der Waals surface area contributed by atoms with Crippen LogP contribution in [0.4, 0.5) is 0 Å². The largest absolute Gasteiger partial charge is 0.481 e. The predicted octanol–water partition coefficient (Wildman–Crippen LogP) is 0.324. The van der Waals surface area contributed by atoms with E-state index in [4.69, 9.17) is 5.11 Å². The SMILES string of the molecule is O=C(O)CCCNC(=O)c1cnn2ncccc12. The Hall–Kier alpha value is -2.44. The van der Waals surface area contributed by atoms with Crippen LogP contribution in [0.25, 0.3) is 5.52 Å². The molecule has 7 nitrogen and oxygen atoms in total. The van der Waals surface area contributed by atoms with Gasteiger partial charge < -0.3 is 10.4 Å². The van der Waals surface area contributed by atoms with Crippen LogP contribution in [0, 0.1) is 0 Å². The fraction of sp³-hybridized carbons (Fsp3) is 0.273. The second-order valence-corrected chi connectivity index (χ2v) is 3.71. The summed E-state index contributed by atoms with van der Waals surface area (Å²) in [4.78, 5) is 22.1. The van der Waals surface area contributed by atoms with Crippen LogP contribution in [0.15, 0.2) is 24.5 Å². The second-order valence-electron chi connectivity index (χ2n) is 3.71. The highest BCUT2D eigenvalue weighted by atomic mass is 16.4. The number of carbonyl (C=O) groups is 2. The van der Waals surface area contributed by atoms with Crippen LogP contribution in [0.3, 0.4) is 0 Å². The van der Waals surface area contributed by atoms with Gasteiger partial charge in [-0.2, -0.15) is 14.8 Å². The molecule has 0 aliphatic heterocycles. The lowest BCUT2D eigenvalue weighted by molar-refractivity contribution is -0.137. The number of aromatic nitrogens is 3. The maximum Gasteiger partial charge on any atom is 0.303 e. The number of fused-ring (bicyclic) bond motifs is 1. The molecule has 0 aliphatic rings. The number of carboxylic acids is 1. The van der Waals surface area contributed by atoms with Gasteiger partial charge in [-0.05, 0) is 18.6 Å². The Labute approximate surface area is 102 Å². The number of carbonyl (C=O) groups excluding carboxylic acids is 1. The lowest BCUT2D eigenvalue weighted by atomic mass is 10.2. The van der Waals surface area contributed by atoms with E-state index in [2.05, 4.69) is 15.5 Å². The first kappa shape index (κ1) is 12.0. The first-order valence-corrected chi connectivity index (χ1v) is 5.47. The molecule has 0 spiro atoms. The molecule has 0 aliphatic carbocycles. The summed E-state index contributed by atoms with van der Waals surface area (Å²) in [6.45, 7) is 0.322. The summed E-state index contributed by atoms with van der Waals surface area (Å²) in [5.74, 6) is -1.15. The van der Waals surface area contributed by atoms with Gasteiger partial charge in [0.1, 0.15) is 5.52 Å². The van der Waals surface area contributed by atoms with Gasteiger partial charge in [0.2, 0.25) is 0 Å². The molecule has 18 heavy (non-hydrogen) atoms. The van der Waals surface area contributed by atoms with Crippen LogP contribution in [0.1, 0.15) is 23.2 Å². The highest BCUT2D eigenvalue weighted by Crippen LogP contribution is 2.07. The van der Waals surface area contributed by atoms with Crippen molar-refractivity contribution in [3.05, 3.63) is 30.1 Å².